The number of benzene rings is 3. The Kier molecular flexibility index (Phi) is 10.1. The second-order valence-electron chi connectivity index (χ2n) is 8.20. The number of methoxy groups -OCH3 is 2. The number of hydrogen-bond donors (Lipinski definition) is 2. The van der Waals surface area contributed by atoms with Crippen molar-refractivity contribution in [3.8, 4) is 23.0 Å². The minimum Gasteiger partial charge on any atom is -0.497 e. The molecule has 1 atom stereocenters. The summed E-state index contributed by atoms with van der Waals surface area (Å²) < 4.78 is 22.2. The molecule has 0 fully saturated rings. The lowest BCUT2D eigenvalue weighted by atomic mass is 9.97. The normalized spacial score (nSPS) is 11.4. The van der Waals surface area contributed by atoms with E-state index in [0.29, 0.717) is 11.5 Å². The number of ether oxygens (including phenoxy) is 4. The molecule has 10 heteroatoms. The van der Waals surface area contributed by atoms with Gasteiger partial charge in [-0.05, 0) is 47.5 Å². The van der Waals surface area contributed by atoms with Crippen LogP contribution in [0.25, 0.3) is 0 Å². The number of hydrogen-bond acceptors (Lipinski definition) is 8. The van der Waals surface area contributed by atoms with Gasteiger partial charge in [-0.25, -0.2) is 0 Å². The van der Waals surface area contributed by atoms with Gasteiger partial charge in [-0.2, -0.15) is 0 Å². The van der Waals surface area contributed by atoms with Crippen molar-refractivity contribution in [2.75, 3.05) is 20.8 Å². The summed E-state index contributed by atoms with van der Waals surface area (Å²) in [5, 5.41) is 18.2. The molecular formula is C28H27ClO9. The summed E-state index contributed by atoms with van der Waals surface area (Å²) in [6.45, 7) is -0.557. The van der Waals surface area contributed by atoms with E-state index in [1.54, 1.807) is 50.6 Å². The quantitative estimate of drug-likeness (QED) is 0.225. The number of rotatable bonds is 14. The lowest BCUT2D eigenvalue weighted by Crippen LogP contribution is -2.25. The summed E-state index contributed by atoms with van der Waals surface area (Å²) in [4.78, 5) is 36.5. The van der Waals surface area contributed by atoms with Crippen LogP contribution in [0, 0.1) is 5.92 Å². The molecule has 3 aromatic carbocycles. The molecule has 0 spiro atoms. The first-order valence-electron chi connectivity index (χ1n) is 11.5. The zero-order chi connectivity index (χ0) is 27.7. The van der Waals surface area contributed by atoms with Crippen LogP contribution in [-0.4, -0.2) is 48.6 Å². The molecule has 0 bridgehead atoms. The van der Waals surface area contributed by atoms with E-state index in [1.165, 1.54) is 12.1 Å². The maximum absolute atomic E-state index is 12.9. The second kappa shape index (κ2) is 13.5. The van der Waals surface area contributed by atoms with E-state index < -0.39 is 36.5 Å². The number of carbonyl (C=O) groups excluding carboxylic acids is 2. The van der Waals surface area contributed by atoms with Gasteiger partial charge in [-0.3, -0.25) is 14.4 Å². The first kappa shape index (κ1) is 28.5. The van der Waals surface area contributed by atoms with Crippen LogP contribution in [0.1, 0.15) is 27.9 Å². The fourth-order valence-electron chi connectivity index (χ4n) is 3.42. The van der Waals surface area contributed by atoms with Crippen molar-refractivity contribution in [2.45, 2.75) is 19.6 Å². The van der Waals surface area contributed by atoms with Crippen molar-refractivity contribution in [3.63, 3.8) is 0 Å². The summed E-state index contributed by atoms with van der Waals surface area (Å²) in [6.07, 6.45) is -0.668. The molecule has 0 amide bonds. The highest BCUT2D eigenvalue weighted by Crippen LogP contribution is 2.39. The monoisotopic (exact) mass is 542 g/mol. The predicted octanol–water partition coefficient (Wildman–Crippen LogP) is 4.35. The highest BCUT2D eigenvalue weighted by atomic mass is 35.5. The van der Waals surface area contributed by atoms with Gasteiger partial charge in [0.2, 0.25) is 11.6 Å². The Morgan fingerprint density at radius 1 is 0.816 bits per heavy atom. The van der Waals surface area contributed by atoms with E-state index in [4.69, 9.17) is 35.7 Å². The Bertz CT molecular complexity index is 1270. The van der Waals surface area contributed by atoms with Gasteiger partial charge in [-0.1, -0.05) is 35.9 Å². The SMILES string of the molecule is COc1ccc(COc2ccc(C(=O)C(=O)C[C@@H](CO)C(=O)O)c(Cl)c2OCc2ccc(OC)cc2)cc1. The molecule has 0 saturated carbocycles. The number of aliphatic carboxylic acids is 1. The third kappa shape index (κ3) is 7.24. The van der Waals surface area contributed by atoms with Gasteiger partial charge in [0.25, 0.3) is 0 Å². The maximum Gasteiger partial charge on any atom is 0.309 e. The average molecular weight is 543 g/mol. The van der Waals surface area contributed by atoms with Crippen LogP contribution in [0.5, 0.6) is 23.0 Å². The van der Waals surface area contributed by atoms with E-state index in [1.807, 2.05) is 12.1 Å². The van der Waals surface area contributed by atoms with E-state index in [-0.39, 0.29) is 35.3 Å². The molecule has 9 nitrogen and oxygen atoms in total. The van der Waals surface area contributed by atoms with Gasteiger partial charge in [0.1, 0.15) is 24.7 Å². The zero-order valence-corrected chi connectivity index (χ0v) is 21.6. The Hall–Kier alpha value is -4.08. The Balaban J connectivity index is 1.87. The molecule has 200 valence electrons. The van der Waals surface area contributed by atoms with Crippen LogP contribution >= 0.6 is 11.6 Å². The molecule has 0 aliphatic heterocycles. The summed E-state index contributed by atoms with van der Waals surface area (Å²) in [6, 6.07) is 17.1. The molecule has 2 N–H and O–H groups in total. The highest BCUT2D eigenvalue weighted by molar-refractivity contribution is 6.48. The predicted molar refractivity (Wildman–Crippen MR) is 138 cm³/mol. The van der Waals surface area contributed by atoms with E-state index in [2.05, 4.69) is 0 Å². The largest absolute Gasteiger partial charge is 0.497 e. The Morgan fingerprint density at radius 3 is 1.82 bits per heavy atom. The van der Waals surface area contributed by atoms with Gasteiger partial charge in [0.15, 0.2) is 11.5 Å². The first-order valence-corrected chi connectivity index (χ1v) is 11.9. The fraction of sp³-hybridized carbons (Fsp3) is 0.250. The smallest absolute Gasteiger partial charge is 0.309 e. The number of carboxylic acids is 1. The van der Waals surface area contributed by atoms with Crippen molar-refractivity contribution in [1.29, 1.82) is 0 Å². The van der Waals surface area contributed by atoms with E-state index in [0.717, 1.165) is 11.1 Å². The molecular weight excluding hydrogens is 516 g/mol. The van der Waals surface area contributed by atoms with Gasteiger partial charge >= 0.3 is 5.97 Å². The van der Waals surface area contributed by atoms with Crippen LogP contribution < -0.4 is 18.9 Å². The number of Topliss-reactive ketones (excluding diaryl/α,β-unsaturated/α-hetero) is 2. The third-order valence-corrected chi connectivity index (χ3v) is 6.03. The summed E-state index contributed by atoms with van der Waals surface area (Å²) >= 11 is 6.54. The molecule has 0 saturated heterocycles. The van der Waals surface area contributed by atoms with Gasteiger partial charge in [-0.15, -0.1) is 0 Å². The summed E-state index contributed by atoms with van der Waals surface area (Å²) in [5.74, 6) is -3.13. The number of carbonyl (C=O) groups is 3. The van der Waals surface area contributed by atoms with Crippen LogP contribution in [-0.2, 0) is 22.8 Å². The van der Waals surface area contributed by atoms with Crippen molar-refractivity contribution in [3.05, 3.63) is 82.4 Å². The average Bonchev–Trinajstić information content (AvgIpc) is 2.94. The topological polar surface area (TPSA) is 129 Å². The molecule has 3 aromatic rings. The fourth-order valence-corrected chi connectivity index (χ4v) is 3.72. The van der Waals surface area contributed by atoms with Crippen molar-refractivity contribution < 1.29 is 43.5 Å². The van der Waals surface area contributed by atoms with Crippen molar-refractivity contribution in [2.24, 2.45) is 5.92 Å². The number of halogens is 1. The van der Waals surface area contributed by atoms with Crippen molar-refractivity contribution in [1.82, 2.24) is 0 Å². The Labute approximate surface area is 224 Å². The highest BCUT2D eigenvalue weighted by Gasteiger charge is 2.28. The maximum atomic E-state index is 12.9. The number of aliphatic hydroxyl groups excluding tert-OH is 1. The van der Waals surface area contributed by atoms with E-state index >= 15 is 0 Å². The van der Waals surface area contributed by atoms with E-state index in [9.17, 15) is 19.5 Å². The lowest BCUT2D eigenvalue weighted by Gasteiger charge is -2.17. The van der Waals surface area contributed by atoms with Crippen LogP contribution in [0.4, 0.5) is 0 Å². The number of aliphatic hydroxyl groups is 1. The molecule has 0 heterocycles. The number of ketones is 2. The Morgan fingerprint density at radius 2 is 1.34 bits per heavy atom. The summed E-state index contributed by atoms with van der Waals surface area (Å²) in [7, 11) is 3.12. The molecule has 0 aliphatic carbocycles. The van der Waals surface area contributed by atoms with Crippen molar-refractivity contribution >= 4 is 29.1 Å². The van der Waals surface area contributed by atoms with Crippen LogP contribution in [0.3, 0.4) is 0 Å². The molecule has 0 radical (unpaired) electrons. The van der Waals surface area contributed by atoms with Gasteiger partial charge in [0.05, 0.1) is 31.8 Å². The van der Waals surface area contributed by atoms with Gasteiger partial charge < -0.3 is 29.2 Å². The van der Waals surface area contributed by atoms with Gasteiger partial charge in [0, 0.05) is 12.0 Å². The lowest BCUT2D eigenvalue weighted by molar-refractivity contribution is -0.144. The standard InChI is InChI=1S/C28H27ClO9/c1-35-20-7-3-17(4-8-20)15-37-24-12-11-22(26(32)23(31)13-19(14-30)28(33)34)25(29)27(24)38-16-18-5-9-21(36-2)10-6-18/h3-12,19,30H,13-16H2,1-2H3,(H,33,34)/t19-/m0/s1. The molecule has 0 unspecified atom stereocenters. The zero-order valence-electron chi connectivity index (χ0n) is 20.8. The molecule has 3 rings (SSSR count). The molecule has 0 aliphatic rings. The summed E-state index contributed by atoms with van der Waals surface area (Å²) in [5.41, 5.74) is 1.45. The number of carboxylic acid groups (broad SMARTS) is 1. The second-order valence-corrected chi connectivity index (χ2v) is 8.58. The first-order chi connectivity index (χ1) is 18.3. The minimum atomic E-state index is -1.40. The molecule has 0 aromatic heterocycles. The minimum absolute atomic E-state index is 0.0478. The third-order valence-electron chi connectivity index (χ3n) is 5.66. The van der Waals surface area contributed by atoms with Crippen LogP contribution in [0.2, 0.25) is 5.02 Å². The molecule has 38 heavy (non-hydrogen) atoms. The van der Waals surface area contributed by atoms with Crippen LogP contribution in [0.15, 0.2) is 60.7 Å².